The summed E-state index contributed by atoms with van der Waals surface area (Å²) in [4.78, 5) is 0. The minimum atomic E-state index is -3.52. The number of para-hydroxylation sites is 1. The predicted octanol–water partition coefficient (Wildman–Crippen LogP) is 1.14. The van der Waals surface area contributed by atoms with Gasteiger partial charge in [-0.1, -0.05) is 18.2 Å². The Morgan fingerprint density at radius 3 is 2.47 bits per heavy atom. The van der Waals surface area contributed by atoms with Gasteiger partial charge < -0.3 is 5.73 Å². The smallest absolute Gasteiger partial charge is 0.301 e. The van der Waals surface area contributed by atoms with E-state index >= 15 is 0 Å². The molecule has 0 heterocycles. The summed E-state index contributed by atoms with van der Waals surface area (Å²) < 4.78 is 27.8. The van der Waals surface area contributed by atoms with Gasteiger partial charge in [0.1, 0.15) is 0 Å². The van der Waals surface area contributed by atoms with Crippen molar-refractivity contribution in [3.05, 3.63) is 29.8 Å². The molecule has 6 heteroatoms. The maximum absolute atomic E-state index is 12.0. The Morgan fingerprint density at radius 2 is 1.94 bits per heavy atom. The van der Waals surface area contributed by atoms with Crippen LogP contribution in [0, 0.1) is 0 Å². The molecule has 17 heavy (non-hydrogen) atoms. The number of rotatable bonds is 5. The van der Waals surface area contributed by atoms with Gasteiger partial charge in [0.05, 0.1) is 5.69 Å². The zero-order chi connectivity index (χ0) is 13.1. The summed E-state index contributed by atoms with van der Waals surface area (Å²) in [6.07, 6.45) is 0. The van der Waals surface area contributed by atoms with E-state index in [1.807, 2.05) is 19.9 Å². The van der Waals surface area contributed by atoms with E-state index in [1.165, 1.54) is 11.4 Å². The Bertz CT molecular complexity index is 471. The highest BCUT2D eigenvalue weighted by molar-refractivity contribution is 7.90. The molecule has 0 aromatic heterocycles. The summed E-state index contributed by atoms with van der Waals surface area (Å²) in [5, 5.41) is 0. The van der Waals surface area contributed by atoms with Crippen LogP contribution in [0.15, 0.2) is 24.3 Å². The van der Waals surface area contributed by atoms with Gasteiger partial charge in [0.15, 0.2) is 0 Å². The minimum absolute atomic E-state index is 0.0995. The van der Waals surface area contributed by atoms with Crippen LogP contribution in [-0.4, -0.2) is 25.8 Å². The summed E-state index contributed by atoms with van der Waals surface area (Å²) in [6, 6.07) is 7.00. The molecule has 5 nitrogen and oxygen atoms in total. The van der Waals surface area contributed by atoms with Crippen LogP contribution in [0.5, 0.6) is 0 Å². The Kier molecular flexibility index (Phi) is 4.50. The molecule has 0 saturated heterocycles. The maximum atomic E-state index is 12.0. The van der Waals surface area contributed by atoms with Crippen LogP contribution in [0.2, 0.25) is 0 Å². The summed E-state index contributed by atoms with van der Waals surface area (Å²) in [7, 11) is -1.98. The van der Waals surface area contributed by atoms with Crippen molar-refractivity contribution in [2.45, 2.75) is 26.4 Å². The minimum Gasteiger partial charge on any atom is -0.326 e. The van der Waals surface area contributed by atoms with E-state index in [0.29, 0.717) is 12.2 Å². The maximum Gasteiger partial charge on any atom is 0.301 e. The van der Waals surface area contributed by atoms with Crippen molar-refractivity contribution >= 4 is 15.9 Å². The summed E-state index contributed by atoms with van der Waals surface area (Å²) >= 11 is 0. The lowest BCUT2D eigenvalue weighted by atomic mass is 10.2. The highest BCUT2D eigenvalue weighted by atomic mass is 32.2. The molecule has 3 N–H and O–H groups in total. The molecule has 0 aliphatic rings. The third-order valence-electron chi connectivity index (χ3n) is 2.58. The Morgan fingerprint density at radius 1 is 1.35 bits per heavy atom. The van der Waals surface area contributed by atoms with Crippen LogP contribution < -0.4 is 10.5 Å². The first kappa shape index (κ1) is 14.0. The molecular weight excluding hydrogens is 238 g/mol. The lowest BCUT2D eigenvalue weighted by molar-refractivity contribution is 0.414. The van der Waals surface area contributed by atoms with E-state index in [-0.39, 0.29) is 6.04 Å². The van der Waals surface area contributed by atoms with Gasteiger partial charge in [-0.3, -0.25) is 4.72 Å². The van der Waals surface area contributed by atoms with E-state index in [2.05, 4.69) is 4.72 Å². The van der Waals surface area contributed by atoms with Crippen LogP contribution >= 0.6 is 0 Å². The fraction of sp³-hybridized carbons (Fsp3) is 0.455. The second kappa shape index (κ2) is 5.48. The Balaban J connectivity index is 2.98. The van der Waals surface area contributed by atoms with Crippen LogP contribution in [0.25, 0.3) is 0 Å². The predicted molar refractivity (Wildman–Crippen MR) is 69.8 cm³/mol. The molecule has 0 amide bonds. The van der Waals surface area contributed by atoms with Gasteiger partial charge in [-0.15, -0.1) is 0 Å². The molecule has 0 atom stereocenters. The van der Waals surface area contributed by atoms with Gasteiger partial charge in [-0.2, -0.15) is 12.7 Å². The highest BCUT2D eigenvalue weighted by Crippen LogP contribution is 2.17. The van der Waals surface area contributed by atoms with Crippen molar-refractivity contribution in [1.29, 1.82) is 0 Å². The normalized spacial score (nSPS) is 12.1. The molecule has 0 aliphatic heterocycles. The zero-order valence-corrected chi connectivity index (χ0v) is 11.2. The van der Waals surface area contributed by atoms with Crippen molar-refractivity contribution in [3.63, 3.8) is 0 Å². The number of hydrogen-bond donors (Lipinski definition) is 2. The monoisotopic (exact) mass is 257 g/mol. The molecule has 1 aromatic carbocycles. The fourth-order valence-electron chi connectivity index (χ4n) is 1.29. The van der Waals surface area contributed by atoms with Crippen molar-refractivity contribution in [1.82, 2.24) is 4.31 Å². The van der Waals surface area contributed by atoms with Crippen LogP contribution in [0.4, 0.5) is 5.69 Å². The molecule has 0 unspecified atom stereocenters. The van der Waals surface area contributed by atoms with Crippen molar-refractivity contribution < 1.29 is 8.42 Å². The van der Waals surface area contributed by atoms with Gasteiger partial charge in [0.2, 0.25) is 0 Å². The molecule has 0 bridgehead atoms. The summed E-state index contributed by atoms with van der Waals surface area (Å²) in [6.45, 7) is 3.92. The number of anilines is 1. The number of nitrogens with two attached hydrogens (primary N) is 1. The van der Waals surface area contributed by atoms with Gasteiger partial charge >= 0.3 is 10.2 Å². The zero-order valence-electron chi connectivity index (χ0n) is 10.3. The van der Waals surface area contributed by atoms with Crippen molar-refractivity contribution in [2.75, 3.05) is 11.8 Å². The molecule has 1 rings (SSSR count). The average molecular weight is 257 g/mol. The van der Waals surface area contributed by atoms with E-state index < -0.39 is 10.2 Å². The second-order valence-electron chi connectivity index (χ2n) is 4.08. The van der Waals surface area contributed by atoms with E-state index in [4.69, 9.17) is 5.73 Å². The average Bonchev–Trinajstić information content (AvgIpc) is 2.28. The van der Waals surface area contributed by atoms with Crippen molar-refractivity contribution in [3.8, 4) is 0 Å². The third kappa shape index (κ3) is 3.42. The Hall–Kier alpha value is -1.11. The molecule has 0 fully saturated rings. The van der Waals surface area contributed by atoms with E-state index in [1.54, 1.807) is 18.2 Å². The largest absolute Gasteiger partial charge is 0.326 e. The number of nitrogens with one attached hydrogen (secondary N) is 1. The van der Waals surface area contributed by atoms with Gasteiger partial charge in [0.25, 0.3) is 0 Å². The first-order valence-corrected chi connectivity index (χ1v) is 6.86. The first-order chi connectivity index (χ1) is 7.88. The SMILES string of the molecule is CC(C)N(C)S(=O)(=O)Nc1ccccc1CN. The highest BCUT2D eigenvalue weighted by Gasteiger charge is 2.20. The number of hydrogen-bond acceptors (Lipinski definition) is 3. The third-order valence-corrected chi connectivity index (χ3v) is 4.24. The quantitative estimate of drug-likeness (QED) is 0.830. The van der Waals surface area contributed by atoms with Crippen LogP contribution in [-0.2, 0) is 16.8 Å². The van der Waals surface area contributed by atoms with Gasteiger partial charge in [0, 0.05) is 19.6 Å². The molecule has 0 aliphatic carbocycles. The lowest BCUT2D eigenvalue weighted by Crippen LogP contribution is -2.37. The van der Waals surface area contributed by atoms with E-state index in [0.717, 1.165) is 5.56 Å². The van der Waals surface area contributed by atoms with Crippen LogP contribution in [0.1, 0.15) is 19.4 Å². The van der Waals surface area contributed by atoms with Gasteiger partial charge in [-0.25, -0.2) is 0 Å². The summed E-state index contributed by atoms with van der Waals surface area (Å²) in [5.74, 6) is 0. The van der Waals surface area contributed by atoms with Crippen molar-refractivity contribution in [2.24, 2.45) is 5.73 Å². The van der Waals surface area contributed by atoms with Crippen LogP contribution in [0.3, 0.4) is 0 Å². The molecule has 1 aromatic rings. The molecule has 0 spiro atoms. The second-order valence-corrected chi connectivity index (χ2v) is 5.81. The first-order valence-electron chi connectivity index (χ1n) is 5.42. The molecule has 96 valence electrons. The molecule has 0 saturated carbocycles. The Labute approximate surface area is 103 Å². The molecule has 0 radical (unpaired) electrons. The van der Waals surface area contributed by atoms with E-state index in [9.17, 15) is 8.42 Å². The number of benzene rings is 1. The molecular formula is C11H19N3O2S. The standard InChI is InChI=1S/C11H19N3O2S/c1-9(2)14(3)17(15,16)13-11-7-5-4-6-10(11)8-12/h4-7,9,13H,8,12H2,1-3H3. The fourth-order valence-corrected chi connectivity index (χ4v) is 2.46. The topological polar surface area (TPSA) is 75.4 Å². The summed E-state index contributed by atoms with van der Waals surface area (Å²) in [5.41, 5.74) is 6.86. The van der Waals surface area contributed by atoms with Gasteiger partial charge in [-0.05, 0) is 25.5 Å². The number of nitrogens with zero attached hydrogens (tertiary/aromatic N) is 1. The lowest BCUT2D eigenvalue weighted by Gasteiger charge is -2.22.